The third-order valence-corrected chi connectivity index (χ3v) is 7.77. The summed E-state index contributed by atoms with van der Waals surface area (Å²) in [6.45, 7) is 4.34. The van der Waals surface area contributed by atoms with Gasteiger partial charge in [0.2, 0.25) is 0 Å². The average molecular weight is 487 g/mol. The molecule has 7 aromatic rings. The molecule has 0 fully saturated rings. The van der Waals surface area contributed by atoms with Gasteiger partial charge in [0.1, 0.15) is 0 Å². The van der Waals surface area contributed by atoms with Crippen molar-refractivity contribution in [2.45, 2.75) is 13.8 Å². The SMILES string of the molecule is Cc1c(C)c2ccc(-c3ccc(-c4cccc(-c5cccc6ccccc56)c4)cc3)nc2c2ncccc12. The van der Waals surface area contributed by atoms with Gasteiger partial charge in [-0.2, -0.15) is 0 Å². The van der Waals surface area contributed by atoms with Crippen LogP contribution in [-0.2, 0) is 0 Å². The van der Waals surface area contributed by atoms with E-state index in [1.165, 1.54) is 54.9 Å². The largest absolute Gasteiger partial charge is 0.254 e. The van der Waals surface area contributed by atoms with Gasteiger partial charge in [0.05, 0.1) is 16.7 Å². The topological polar surface area (TPSA) is 25.8 Å². The predicted molar refractivity (Wildman–Crippen MR) is 160 cm³/mol. The van der Waals surface area contributed by atoms with Gasteiger partial charge >= 0.3 is 0 Å². The monoisotopic (exact) mass is 486 g/mol. The normalized spacial score (nSPS) is 11.4. The van der Waals surface area contributed by atoms with Crippen molar-refractivity contribution in [3.63, 3.8) is 0 Å². The molecule has 0 spiro atoms. The lowest BCUT2D eigenvalue weighted by molar-refractivity contribution is 1.33. The summed E-state index contributed by atoms with van der Waals surface area (Å²) < 4.78 is 0. The van der Waals surface area contributed by atoms with Crippen LogP contribution in [0.15, 0.2) is 121 Å². The van der Waals surface area contributed by atoms with Crippen molar-refractivity contribution in [1.29, 1.82) is 0 Å². The molecule has 0 saturated carbocycles. The molecule has 5 aromatic carbocycles. The van der Waals surface area contributed by atoms with E-state index in [0.717, 1.165) is 22.3 Å². The van der Waals surface area contributed by atoms with E-state index in [0.29, 0.717) is 0 Å². The minimum absolute atomic E-state index is 0.962. The number of aryl methyl sites for hydroxylation is 2. The lowest BCUT2D eigenvalue weighted by Gasteiger charge is -2.12. The Kier molecular flexibility index (Phi) is 5.26. The minimum atomic E-state index is 0.962. The van der Waals surface area contributed by atoms with E-state index in [9.17, 15) is 0 Å². The number of pyridine rings is 2. The number of hydrogen-bond acceptors (Lipinski definition) is 2. The molecule has 0 unspecified atom stereocenters. The molecule has 2 heterocycles. The Morgan fingerprint density at radius 3 is 2.03 bits per heavy atom. The van der Waals surface area contributed by atoms with Crippen LogP contribution < -0.4 is 0 Å². The predicted octanol–water partition coefficient (Wildman–Crippen LogP) is 9.55. The number of benzene rings is 5. The highest BCUT2D eigenvalue weighted by atomic mass is 14.8. The van der Waals surface area contributed by atoms with E-state index in [-0.39, 0.29) is 0 Å². The van der Waals surface area contributed by atoms with Gasteiger partial charge in [0.25, 0.3) is 0 Å². The fourth-order valence-electron chi connectivity index (χ4n) is 5.58. The summed E-state index contributed by atoms with van der Waals surface area (Å²) in [6, 6.07) is 41.1. The maximum Gasteiger partial charge on any atom is 0.0974 e. The summed E-state index contributed by atoms with van der Waals surface area (Å²) in [7, 11) is 0. The van der Waals surface area contributed by atoms with Crippen molar-refractivity contribution in [2.24, 2.45) is 0 Å². The second kappa shape index (κ2) is 8.93. The molecule has 0 saturated heterocycles. The first-order chi connectivity index (χ1) is 18.7. The van der Waals surface area contributed by atoms with Crippen LogP contribution >= 0.6 is 0 Å². The van der Waals surface area contributed by atoms with Crippen LogP contribution in [0.1, 0.15) is 11.1 Å². The van der Waals surface area contributed by atoms with E-state index in [2.05, 4.69) is 128 Å². The Morgan fingerprint density at radius 2 is 1.16 bits per heavy atom. The van der Waals surface area contributed by atoms with E-state index in [1.54, 1.807) is 0 Å². The highest BCUT2D eigenvalue weighted by molar-refractivity contribution is 6.07. The molecule has 2 aromatic heterocycles. The summed E-state index contributed by atoms with van der Waals surface area (Å²) in [6.07, 6.45) is 1.85. The van der Waals surface area contributed by atoms with Gasteiger partial charge in [-0.15, -0.1) is 0 Å². The van der Waals surface area contributed by atoms with Crippen molar-refractivity contribution in [3.8, 4) is 33.5 Å². The Balaban J connectivity index is 1.28. The molecule has 0 amide bonds. The van der Waals surface area contributed by atoms with E-state index >= 15 is 0 Å². The third kappa shape index (κ3) is 3.65. The van der Waals surface area contributed by atoms with Gasteiger partial charge in [0, 0.05) is 22.5 Å². The van der Waals surface area contributed by atoms with Gasteiger partial charge in [-0.25, -0.2) is 4.98 Å². The molecule has 0 radical (unpaired) electrons. The molecule has 180 valence electrons. The summed E-state index contributed by atoms with van der Waals surface area (Å²) in [4.78, 5) is 9.79. The Labute approximate surface area is 222 Å². The van der Waals surface area contributed by atoms with E-state index in [1.807, 2.05) is 12.3 Å². The molecule has 2 nitrogen and oxygen atoms in total. The average Bonchev–Trinajstić information content (AvgIpc) is 2.99. The van der Waals surface area contributed by atoms with Crippen molar-refractivity contribution >= 4 is 32.6 Å². The third-order valence-electron chi connectivity index (χ3n) is 7.77. The van der Waals surface area contributed by atoms with Gasteiger partial charge in [-0.3, -0.25) is 4.98 Å². The van der Waals surface area contributed by atoms with Crippen molar-refractivity contribution in [3.05, 3.63) is 133 Å². The van der Waals surface area contributed by atoms with Crippen LogP contribution in [0.25, 0.3) is 66.1 Å². The Bertz CT molecular complexity index is 1980. The zero-order valence-corrected chi connectivity index (χ0v) is 21.4. The molecular formula is C36H26N2. The van der Waals surface area contributed by atoms with Crippen LogP contribution in [0.4, 0.5) is 0 Å². The van der Waals surface area contributed by atoms with Gasteiger partial charge in [0.15, 0.2) is 0 Å². The molecule has 38 heavy (non-hydrogen) atoms. The van der Waals surface area contributed by atoms with Crippen LogP contribution in [0.3, 0.4) is 0 Å². The number of aromatic nitrogens is 2. The van der Waals surface area contributed by atoms with Crippen LogP contribution in [0, 0.1) is 13.8 Å². The molecular weight excluding hydrogens is 460 g/mol. The van der Waals surface area contributed by atoms with Crippen LogP contribution in [-0.4, -0.2) is 9.97 Å². The lowest BCUT2D eigenvalue weighted by atomic mass is 9.94. The Morgan fingerprint density at radius 1 is 0.474 bits per heavy atom. The lowest BCUT2D eigenvalue weighted by Crippen LogP contribution is -1.94. The van der Waals surface area contributed by atoms with Crippen molar-refractivity contribution in [2.75, 3.05) is 0 Å². The van der Waals surface area contributed by atoms with Crippen LogP contribution in [0.5, 0.6) is 0 Å². The summed E-state index contributed by atoms with van der Waals surface area (Å²) in [5.74, 6) is 0. The first-order valence-electron chi connectivity index (χ1n) is 13.0. The highest BCUT2D eigenvalue weighted by Crippen LogP contribution is 2.34. The number of rotatable bonds is 3. The second-order valence-corrected chi connectivity index (χ2v) is 9.93. The standard InChI is InChI=1S/C36H26N2/c1-23-24(2)31-19-20-34(38-36(31)35-30(23)14-7-21-37-35)27-17-15-25(16-18-27)28-10-5-11-29(22-28)33-13-6-9-26-8-3-4-12-32(26)33/h3-22H,1-2H3. The maximum atomic E-state index is 5.10. The van der Waals surface area contributed by atoms with Gasteiger partial charge in [-0.05, 0) is 76.2 Å². The number of hydrogen-bond donors (Lipinski definition) is 0. The van der Waals surface area contributed by atoms with Crippen molar-refractivity contribution in [1.82, 2.24) is 9.97 Å². The molecule has 0 aliphatic heterocycles. The first kappa shape index (κ1) is 22.4. The molecule has 2 heteroatoms. The molecule has 0 aliphatic rings. The zero-order valence-electron chi connectivity index (χ0n) is 21.4. The second-order valence-electron chi connectivity index (χ2n) is 9.93. The molecule has 0 aliphatic carbocycles. The summed E-state index contributed by atoms with van der Waals surface area (Å²) in [5.41, 5.74) is 11.4. The van der Waals surface area contributed by atoms with E-state index in [4.69, 9.17) is 4.98 Å². The number of nitrogens with zero attached hydrogens (tertiary/aromatic N) is 2. The first-order valence-corrected chi connectivity index (χ1v) is 13.0. The minimum Gasteiger partial charge on any atom is -0.254 e. The molecule has 0 N–H and O–H groups in total. The summed E-state index contributed by atoms with van der Waals surface area (Å²) in [5, 5.41) is 4.87. The molecule has 7 rings (SSSR count). The summed E-state index contributed by atoms with van der Waals surface area (Å²) >= 11 is 0. The zero-order chi connectivity index (χ0) is 25.6. The van der Waals surface area contributed by atoms with Gasteiger partial charge in [-0.1, -0.05) is 97.1 Å². The molecule has 0 atom stereocenters. The molecule has 0 bridgehead atoms. The quantitative estimate of drug-likeness (QED) is 0.232. The van der Waals surface area contributed by atoms with E-state index < -0.39 is 0 Å². The Hall–Kier alpha value is -4.82. The van der Waals surface area contributed by atoms with Crippen LogP contribution in [0.2, 0.25) is 0 Å². The number of fused-ring (bicyclic) bond motifs is 4. The van der Waals surface area contributed by atoms with Crippen molar-refractivity contribution < 1.29 is 0 Å². The maximum absolute atomic E-state index is 5.10. The van der Waals surface area contributed by atoms with Gasteiger partial charge < -0.3 is 0 Å². The highest BCUT2D eigenvalue weighted by Gasteiger charge is 2.12. The fraction of sp³-hybridized carbons (Fsp3) is 0.0556. The smallest absolute Gasteiger partial charge is 0.0974 e. The fourth-order valence-corrected chi connectivity index (χ4v) is 5.58.